The number of rotatable bonds is 10. The highest BCUT2D eigenvalue weighted by Crippen LogP contribution is 2.40. The van der Waals surface area contributed by atoms with Gasteiger partial charge in [0.2, 0.25) is 5.91 Å². The van der Waals surface area contributed by atoms with Crippen LogP contribution in [0.15, 0.2) is 36.0 Å². The molecular formula is C19H24N4O3S. The highest BCUT2D eigenvalue weighted by molar-refractivity contribution is 7.99. The van der Waals surface area contributed by atoms with Gasteiger partial charge in [0.25, 0.3) is 0 Å². The van der Waals surface area contributed by atoms with Gasteiger partial charge in [0.1, 0.15) is 5.82 Å². The number of allylic oxidation sites excluding steroid dienone is 1. The molecular weight excluding hydrogens is 364 g/mol. The summed E-state index contributed by atoms with van der Waals surface area (Å²) >= 11 is 1.39. The number of thioether (sulfide) groups is 1. The number of hydrogen-bond donors (Lipinski definition) is 1. The number of carbonyl (C=O) groups is 1. The molecule has 0 aliphatic heterocycles. The first-order chi connectivity index (χ1) is 13.2. The van der Waals surface area contributed by atoms with Gasteiger partial charge in [-0.15, -0.1) is 16.8 Å². The number of aromatic nitrogens is 3. The summed E-state index contributed by atoms with van der Waals surface area (Å²) in [4.78, 5) is 12.2. The molecule has 0 radical (unpaired) electrons. The molecule has 1 aliphatic rings. The van der Waals surface area contributed by atoms with Crippen LogP contribution in [0.25, 0.3) is 0 Å². The fourth-order valence-corrected chi connectivity index (χ4v) is 3.51. The zero-order valence-corrected chi connectivity index (χ0v) is 16.4. The number of hydrogen-bond acceptors (Lipinski definition) is 6. The predicted octanol–water partition coefficient (Wildman–Crippen LogP) is 2.77. The van der Waals surface area contributed by atoms with Crippen LogP contribution in [-0.2, 0) is 17.9 Å². The smallest absolute Gasteiger partial charge is 0.230 e. The van der Waals surface area contributed by atoms with E-state index < -0.39 is 0 Å². The number of carbonyl (C=O) groups excluding carboxylic acids is 1. The summed E-state index contributed by atoms with van der Waals surface area (Å²) in [6.07, 6.45) is 4.15. The second-order valence-electron chi connectivity index (χ2n) is 6.27. The van der Waals surface area contributed by atoms with Crippen LogP contribution < -0.4 is 14.8 Å². The first-order valence-corrected chi connectivity index (χ1v) is 9.79. The van der Waals surface area contributed by atoms with E-state index in [4.69, 9.17) is 9.47 Å². The van der Waals surface area contributed by atoms with Gasteiger partial charge in [0, 0.05) is 19.0 Å². The summed E-state index contributed by atoms with van der Waals surface area (Å²) in [6, 6.07) is 5.58. The van der Waals surface area contributed by atoms with Crippen LogP contribution in [0.2, 0.25) is 0 Å². The van der Waals surface area contributed by atoms with Crippen LogP contribution in [0.5, 0.6) is 11.5 Å². The van der Waals surface area contributed by atoms with Gasteiger partial charge in [-0.05, 0) is 30.5 Å². The van der Waals surface area contributed by atoms with Crippen molar-refractivity contribution < 1.29 is 14.3 Å². The van der Waals surface area contributed by atoms with Gasteiger partial charge >= 0.3 is 0 Å². The third-order valence-electron chi connectivity index (χ3n) is 4.27. The molecule has 3 rings (SSSR count). The Bertz CT molecular complexity index is 817. The third-order valence-corrected chi connectivity index (χ3v) is 5.24. The van der Waals surface area contributed by atoms with E-state index in [9.17, 15) is 4.79 Å². The predicted molar refractivity (Wildman–Crippen MR) is 104 cm³/mol. The van der Waals surface area contributed by atoms with E-state index in [-0.39, 0.29) is 11.7 Å². The molecule has 144 valence electrons. The molecule has 0 unspecified atom stereocenters. The molecule has 1 aromatic heterocycles. The van der Waals surface area contributed by atoms with Crippen molar-refractivity contribution in [3.63, 3.8) is 0 Å². The number of benzene rings is 1. The normalized spacial score (nSPS) is 13.3. The molecule has 1 N–H and O–H groups in total. The maximum Gasteiger partial charge on any atom is 0.230 e. The molecule has 1 aliphatic carbocycles. The van der Waals surface area contributed by atoms with E-state index in [0.29, 0.717) is 30.5 Å². The number of nitrogens with one attached hydrogen (secondary N) is 1. The molecule has 1 fully saturated rings. The Morgan fingerprint density at radius 1 is 1.33 bits per heavy atom. The highest BCUT2D eigenvalue weighted by atomic mass is 32.2. The summed E-state index contributed by atoms with van der Waals surface area (Å²) < 4.78 is 12.6. The maximum absolute atomic E-state index is 12.2. The Morgan fingerprint density at radius 3 is 2.78 bits per heavy atom. The Morgan fingerprint density at radius 2 is 2.11 bits per heavy atom. The summed E-state index contributed by atoms with van der Waals surface area (Å²) in [6.45, 7) is 4.88. The van der Waals surface area contributed by atoms with Gasteiger partial charge in [-0.3, -0.25) is 4.79 Å². The first kappa shape index (κ1) is 19.3. The van der Waals surface area contributed by atoms with Crippen molar-refractivity contribution in [2.24, 2.45) is 0 Å². The Hall–Kier alpha value is -2.48. The average molecular weight is 388 g/mol. The Labute approximate surface area is 163 Å². The lowest BCUT2D eigenvalue weighted by Gasteiger charge is -2.10. The van der Waals surface area contributed by atoms with Crippen molar-refractivity contribution in [3.8, 4) is 11.5 Å². The van der Waals surface area contributed by atoms with Gasteiger partial charge < -0.3 is 19.4 Å². The van der Waals surface area contributed by atoms with Crippen LogP contribution >= 0.6 is 11.8 Å². The monoisotopic (exact) mass is 388 g/mol. The van der Waals surface area contributed by atoms with Crippen LogP contribution in [0.3, 0.4) is 0 Å². The third kappa shape index (κ3) is 4.82. The maximum atomic E-state index is 12.2. The molecule has 1 amide bonds. The van der Waals surface area contributed by atoms with E-state index >= 15 is 0 Å². The van der Waals surface area contributed by atoms with Gasteiger partial charge in [-0.2, -0.15) is 0 Å². The van der Waals surface area contributed by atoms with Gasteiger partial charge in [0.15, 0.2) is 16.7 Å². The lowest BCUT2D eigenvalue weighted by Crippen LogP contribution is -2.24. The molecule has 8 heteroatoms. The first-order valence-electron chi connectivity index (χ1n) is 8.80. The van der Waals surface area contributed by atoms with E-state index in [1.165, 1.54) is 11.8 Å². The van der Waals surface area contributed by atoms with Crippen LogP contribution in [-0.4, -0.2) is 40.6 Å². The Balaban J connectivity index is 1.54. The van der Waals surface area contributed by atoms with E-state index in [0.717, 1.165) is 29.4 Å². The number of nitrogens with zero attached hydrogens (tertiary/aromatic N) is 3. The standard InChI is InChI=1S/C19H24N4O3S/c1-4-9-23-18(14-6-7-14)21-22-19(23)27-12-17(24)20-11-13-5-8-15(25-2)16(10-13)26-3/h4-5,8,10,14H,1,6-7,9,11-12H2,2-3H3,(H,20,24). The molecule has 7 nitrogen and oxygen atoms in total. The fourth-order valence-electron chi connectivity index (χ4n) is 2.72. The number of methoxy groups -OCH3 is 2. The van der Waals surface area contributed by atoms with Crippen molar-refractivity contribution in [1.29, 1.82) is 0 Å². The zero-order valence-electron chi connectivity index (χ0n) is 15.6. The van der Waals surface area contributed by atoms with Crippen molar-refractivity contribution in [2.75, 3.05) is 20.0 Å². The Kier molecular flexibility index (Phi) is 6.39. The second-order valence-corrected chi connectivity index (χ2v) is 7.21. The average Bonchev–Trinajstić information content (AvgIpc) is 3.46. The lowest BCUT2D eigenvalue weighted by atomic mass is 10.2. The molecule has 27 heavy (non-hydrogen) atoms. The topological polar surface area (TPSA) is 78.3 Å². The zero-order chi connectivity index (χ0) is 19.2. The minimum atomic E-state index is -0.0593. The van der Waals surface area contributed by atoms with Crippen LogP contribution in [0.1, 0.15) is 30.1 Å². The van der Waals surface area contributed by atoms with Gasteiger partial charge in [0.05, 0.1) is 20.0 Å². The molecule has 2 aromatic rings. The van der Waals surface area contributed by atoms with Gasteiger partial charge in [-0.1, -0.05) is 23.9 Å². The number of amides is 1. The van der Waals surface area contributed by atoms with Crippen LogP contribution in [0.4, 0.5) is 0 Å². The molecule has 1 aromatic carbocycles. The fraction of sp³-hybridized carbons (Fsp3) is 0.421. The summed E-state index contributed by atoms with van der Waals surface area (Å²) in [7, 11) is 3.18. The lowest BCUT2D eigenvalue weighted by molar-refractivity contribution is -0.118. The molecule has 1 heterocycles. The molecule has 0 spiro atoms. The van der Waals surface area contributed by atoms with Crippen LogP contribution in [0, 0.1) is 0 Å². The molecule has 0 atom stereocenters. The minimum absolute atomic E-state index is 0.0593. The quantitative estimate of drug-likeness (QED) is 0.498. The second kappa shape index (κ2) is 8.94. The molecule has 0 saturated heterocycles. The number of ether oxygens (including phenoxy) is 2. The van der Waals surface area contributed by atoms with Gasteiger partial charge in [-0.25, -0.2) is 0 Å². The van der Waals surface area contributed by atoms with E-state index in [1.807, 2.05) is 24.3 Å². The van der Waals surface area contributed by atoms with E-state index in [1.54, 1.807) is 14.2 Å². The van der Waals surface area contributed by atoms with Crippen molar-refractivity contribution in [2.45, 2.75) is 37.0 Å². The van der Waals surface area contributed by atoms with Crippen molar-refractivity contribution in [3.05, 3.63) is 42.2 Å². The van der Waals surface area contributed by atoms with Crippen molar-refractivity contribution in [1.82, 2.24) is 20.1 Å². The SMILES string of the molecule is C=CCn1c(SCC(=O)NCc2ccc(OC)c(OC)c2)nnc1C1CC1. The highest BCUT2D eigenvalue weighted by Gasteiger charge is 2.30. The molecule has 0 bridgehead atoms. The summed E-state index contributed by atoms with van der Waals surface area (Å²) in [5, 5.41) is 12.2. The summed E-state index contributed by atoms with van der Waals surface area (Å²) in [5.74, 6) is 3.04. The van der Waals surface area contributed by atoms with Crippen molar-refractivity contribution >= 4 is 17.7 Å². The minimum Gasteiger partial charge on any atom is -0.493 e. The summed E-state index contributed by atoms with van der Waals surface area (Å²) in [5.41, 5.74) is 0.942. The largest absolute Gasteiger partial charge is 0.493 e. The molecule has 1 saturated carbocycles. The van der Waals surface area contributed by atoms with E-state index in [2.05, 4.69) is 26.7 Å².